The van der Waals surface area contributed by atoms with Gasteiger partial charge in [0.25, 0.3) is 5.91 Å². The minimum Gasteiger partial charge on any atom is -0.489 e. The molecule has 1 saturated carbocycles. The molecule has 0 radical (unpaired) electrons. The van der Waals surface area contributed by atoms with Crippen molar-refractivity contribution in [3.63, 3.8) is 0 Å². The van der Waals surface area contributed by atoms with E-state index in [-0.39, 0.29) is 11.8 Å². The van der Waals surface area contributed by atoms with E-state index in [0.717, 1.165) is 35.3 Å². The van der Waals surface area contributed by atoms with Crippen molar-refractivity contribution < 1.29 is 13.9 Å². The van der Waals surface area contributed by atoms with Crippen molar-refractivity contribution >= 4 is 5.91 Å². The zero-order valence-electron chi connectivity index (χ0n) is 17.5. The molecule has 1 aliphatic rings. The van der Waals surface area contributed by atoms with Gasteiger partial charge in [0.15, 0.2) is 5.69 Å². The minimum atomic E-state index is -0.213. The highest BCUT2D eigenvalue weighted by atomic mass is 16.5. The third kappa shape index (κ3) is 4.70. The van der Waals surface area contributed by atoms with Crippen LogP contribution in [0.2, 0.25) is 0 Å². The van der Waals surface area contributed by atoms with Gasteiger partial charge in [-0.05, 0) is 48.7 Å². The fraction of sp³-hybridized carbons (Fsp3) is 0.192. The molecule has 2 heterocycles. The quantitative estimate of drug-likeness (QED) is 0.424. The first kappa shape index (κ1) is 20.0. The number of nitrogens with one attached hydrogen (secondary N) is 1. The van der Waals surface area contributed by atoms with Gasteiger partial charge in [0.2, 0.25) is 5.89 Å². The lowest BCUT2D eigenvalue weighted by Gasteiger charge is -2.08. The van der Waals surface area contributed by atoms with Crippen molar-refractivity contribution in [2.24, 2.45) is 0 Å². The van der Waals surface area contributed by atoms with E-state index in [1.54, 1.807) is 12.4 Å². The van der Waals surface area contributed by atoms with E-state index in [2.05, 4.69) is 15.3 Å². The van der Waals surface area contributed by atoms with Gasteiger partial charge in [-0.1, -0.05) is 36.4 Å². The van der Waals surface area contributed by atoms with E-state index in [1.165, 1.54) is 0 Å². The molecule has 5 rings (SSSR count). The lowest BCUT2D eigenvalue weighted by Crippen LogP contribution is -2.24. The van der Waals surface area contributed by atoms with Gasteiger partial charge in [0.1, 0.15) is 18.1 Å². The Kier molecular flexibility index (Phi) is 5.66. The molecule has 0 bridgehead atoms. The molecule has 0 spiro atoms. The van der Waals surface area contributed by atoms with E-state index < -0.39 is 0 Å². The topological polar surface area (TPSA) is 77.2 Å². The number of carbonyl (C=O) groups excluding carboxylic acids is 1. The van der Waals surface area contributed by atoms with Crippen LogP contribution in [0.15, 0.2) is 83.5 Å². The number of ether oxygens (including phenoxy) is 1. The van der Waals surface area contributed by atoms with Crippen LogP contribution in [0.1, 0.15) is 46.1 Å². The lowest BCUT2D eigenvalue weighted by molar-refractivity contribution is 0.0944. The molecule has 0 atom stereocenters. The summed E-state index contributed by atoms with van der Waals surface area (Å²) in [5, 5.41) is 2.97. The van der Waals surface area contributed by atoms with E-state index in [1.807, 2.05) is 66.7 Å². The van der Waals surface area contributed by atoms with Crippen LogP contribution in [0.25, 0.3) is 11.5 Å². The van der Waals surface area contributed by atoms with Gasteiger partial charge in [-0.3, -0.25) is 9.78 Å². The van der Waals surface area contributed by atoms with Crippen LogP contribution in [0.3, 0.4) is 0 Å². The van der Waals surface area contributed by atoms with E-state index in [0.29, 0.717) is 30.5 Å². The molecule has 6 nitrogen and oxygen atoms in total. The highest BCUT2D eigenvalue weighted by Gasteiger charge is 2.34. The molecule has 2 aromatic heterocycles. The monoisotopic (exact) mass is 425 g/mol. The zero-order valence-corrected chi connectivity index (χ0v) is 17.5. The predicted molar refractivity (Wildman–Crippen MR) is 120 cm³/mol. The number of carbonyl (C=O) groups is 1. The number of oxazole rings is 1. The van der Waals surface area contributed by atoms with Crippen LogP contribution < -0.4 is 10.1 Å². The second-order valence-electron chi connectivity index (χ2n) is 7.85. The Morgan fingerprint density at radius 3 is 2.53 bits per heavy atom. The number of aromatic nitrogens is 2. The second kappa shape index (κ2) is 9.06. The Bertz CT molecular complexity index is 1180. The van der Waals surface area contributed by atoms with Gasteiger partial charge < -0.3 is 14.5 Å². The molecular weight excluding hydrogens is 402 g/mol. The van der Waals surface area contributed by atoms with Gasteiger partial charge in [-0.2, -0.15) is 0 Å². The predicted octanol–water partition coefficient (Wildman–Crippen LogP) is 5.12. The van der Waals surface area contributed by atoms with Crippen molar-refractivity contribution in [2.45, 2.75) is 31.9 Å². The Morgan fingerprint density at radius 2 is 1.81 bits per heavy atom. The van der Waals surface area contributed by atoms with Gasteiger partial charge >= 0.3 is 0 Å². The molecule has 1 N–H and O–H groups in total. The third-order valence-electron chi connectivity index (χ3n) is 5.34. The molecule has 32 heavy (non-hydrogen) atoms. The van der Waals surface area contributed by atoms with E-state index in [9.17, 15) is 4.79 Å². The van der Waals surface area contributed by atoms with Gasteiger partial charge in [0.05, 0.1) is 0 Å². The van der Waals surface area contributed by atoms with Crippen LogP contribution in [0, 0.1) is 0 Å². The number of rotatable bonds is 8. The molecular formula is C26H23N3O3. The maximum Gasteiger partial charge on any atom is 0.273 e. The Balaban J connectivity index is 1.21. The van der Waals surface area contributed by atoms with Crippen molar-refractivity contribution in [3.8, 4) is 17.2 Å². The minimum absolute atomic E-state index is 0.213. The van der Waals surface area contributed by atoms with Crippen molar-refractivity contribution in [3.05, 3.63) is 102 Å². The SMILES string of the molecule is O=C(NCc1ccc(OCc2cccnc2)cc1)c1nc(-c2ccccc2)oc1C1CC1. The molecule has 2 aromatic carbocycles. The number of pyridine rings is 1. The van der Waals surface area contributed by atoms with E-state index in [4.69, 9.17) is 9.15 Å². The molecule has 0 unspecified atom stereocenters. The lowest BCUT2D eigenvalue weighted by atomic mass is 10.2. The van der Waals surface area contributed by atoms with Crippen LogP contribution in [0.5, 0.6) is 5.75 Å². The number of benzene rings is 2. The zero-order chi connectivity index (χ0) is 21.8. The number of hydrogen-bond donors (Lipinski definition) is 1. The first-order valence-corrected chi connectivity index (χ1v) is 10.7. The van der Waals surface area contributed by atoms with Crippen LogP contribution in [0.4, 0.5) is 0 Å². The first-order valence-electron chi connectivity index (χ1n) is 10.7. The highest BCUT2D eigenvalue weighted by molar-refractivity contribution is 5.94. The Labute approximate surface area is 186 Å². The summed E-state index contributed by atoms with van der Waals surface area (Å²) in [7, 11) is 0. The average Bonchev–Trinajstić information content (AvgIpc) is 3.61. The molecule has 0 saturated heterocycles. The number of hydrogen-bond acceptors (Lipinski definition) is 5. The van der Waals surface area contributed by atoms with Crippen molar-refractivity contribution in [2.75, 3.05) is 0 Å². The number of nitrogens with zero attached hydrogens (tertiary/aromatic N) is 2. The van der Waals surface area contributed by atoms with Crippen LogP contribution >= 0.6 is 0 Å². The maximum atomic E-state index is 12.9. The van der Waals surface area contributed by atoms with Crippen LogP contribution in [-0.2, 0) is 13.2 Å². The van der Waals surface area contributed by atoms with Crippen molar-refractivity contribution in [1.82, 2.24) is 15.3 Å². The molecule has 1 amide bonds. The molecule has 0 aliphatic heterocycles. The summed E-state index contributed by atoms with van der Waals surface area (Å²) in [6.07, 6.45) is 5.59. The first-order chi connectivity index (χ1) is 15.8. The second-order valence-corrected chi connectivity index (χ2v) is 7.85. The molecule has 1 fully saturated rings. The largest absolute Gasteiger partial charge is 0.489 e. The molecule has 1 aliphatic carbocycles. The standard InChI is InChI=1S/C26H23N3O3/c30-25(23-24(20-10-11-20)32-26(29-23)21-6-2-1-3-7-21)28-16-18-8-12-22(13-9-18)31-17-19-5-4-14-27-15-19/h1-9,12-15,20H,10-11,16-17H2,(H,28,30). The van der Waals surface area contributed by atoms with E-state index >= 15 is 0 Å². The third-order valence-corrected chi connectivity index (χ3v) is 5.34. The molecule has 160 valence electrons. The van der Waals surface area contributed by atoms with Gasteiger partial charge in [-0.15, -0.1) is 0 Å². The average molecular weight is 425 g/mol. The number of amides is 1. The molecule has 4 aromatic rings. The van der Waals surface area contributed by atoms with Gasteiger partial charge in [-0.25, -0.2) is 4.98 Å². The normalized spacial score (nSPS) is 13.0. The maximum absolute atomic E-state index is 12.9. The summed E-state index contributed by atoms with van der Waals surface area (Å²) in [4.78, 5) is 21.5. The highest BCUT2D eigenvalue weighted by Crippen LogP contribution is 2.43. The fourth-order valence-corrected chi connectivity index (χ4v) is 3.44. The summed E-state index contributed by atoms with van der Waals surface area (Å²) < 4.78 is 11.8. The summed E-state index contributed by atoms with van der Waals surface area (Å²) in [5.74, 6) is 2.03. The Hall–Kier alpha value is -3.93. The fourth-order valence-electron chi connectivity index (χ4n) is 3.44. The summed E-state index contributed by atoms with van der Waals surface area (Å²) in [6.45, 7) is 0.864. The summed E-state index contributed by atoms with van der Waals surface area (Å²) in [6, 6.07) is 21.2. The molecule has 6 heteroatoms. The van der Waals surface area contributed by atoms with Crippen molar-refractivity contribution in [1.29, 1.82) is 0 Å². The van der Waals surface area contributed by atoms with Crippen LogP contribution in [-0.4, -0.2) is 15.9 Å². The van der Waals surface area contributed by atoms with Gasteiger partial charge in [0, 0.05) is 36.0 Å². The summed E-state index contributed by atoms with van der Waals surface area (Å²) in [5.41, 5.74) is 3.25. The summed E-state index contributed by atoms with van der Waals surface area (Å²) >= 11 is 0. The Morgan fingerprint density at radius 1 is 1.00 bits per heavy atom. The smallest absolute Gasteiger partial charge is 0.273 e.